The highest BCUT2D eigenvalue weighted by Gasteiger charge is 1.98. The second-order valence-electron chi connectivity index (χ2n) is 4.93. The lowest BCUT2D eigenvalue weighted by Gasteiger charge is -2.11. The molecule has 0 unspecified atom stereocenters. The van der Waals surface area contributed by atoms with Gasteiger partial charge in [0.2, 0.25) is 0 Å². The Morgan fingerprint density at radius 1 is 1.40 bits per heavy atom. The van der Waals surface area contributed by atoms with Crippen LogP contribution in [0.15, 0.2) is 29.3 Å². The van der Waals surface area contributed by atoms with Crippen LogP contribution in [-0.4, -0.2) is 44.7 Å². The molecule has 1 aromatic rings. The van der Waals surface area contributed by atoms with Gasteiger partial charge in [0.15, 0.2) is 5.96 Å². The molecule has 20 heavy (non-hydrogen) atoms. The van der Waals surface area contributed by atoms with Crippen LogP contribution in [0.25, 0.3) is 0 Å². The fraction of sp³-hybridized carbons (Fsp3) is 0.533. The highest BCUT2D eigenvalue weighted by molar-refractivity contribution is 5.77. The zero-order chi connectivity index (χ0) is 14.8. The Hall–Kier alpha value is -1.75. The smallest absolute Gasteiger partial charge is 0.188 e. The summed E-state index contributed by atoms with van der Waals surface area (Å²) >= 11 is 0. The van der Waals surface area contributed by atoms with Gasteiger partial charge < -0.3 is 20.7 Å². The first-order valence-electron chi connectivity index (χ1n) is 7.02. The summed E-state index contributed by atoms with van der Waals surface area (Å²) in [6, 6.07) is 7.97. The molecule has 0 aliphatic heterocycles. The van der Waals surface area contributed by atoms with Gasteiger partial charge in [-0.1, -0.05) is 19.1 Å². The summed E-state index contributed by atoms with van der Waals surface area (Å²) < 4.78 is 5.69. The molecule has 1 rings (SSSR count). The molecule has 0 aliphatic carbocycles. The van der Waals surface area contributed by atoms with Gasteiger partial charge in [-0.3, -0.25) is 0 Å². The number of benzene rings is 1. The molecule has 5 nitrogen and oxygen atoms in total. The first-order chi connectivity index (χ1) is 9.61. The van der Waals surface area contributed by atoms with Crippen LogP contribution in [0, 0.1) is 0 Å². The SMILES string of the molecule is CCCNC(N)=NCc1cccc(OCCN(C)C)c1. The quantitative estimate of drug-likeness (QED) is 0.558. The molecule has 0 radical (unpaired) electrons. The minimum Gasteiger partial charge on any atom is -0.492 e. The predicted molar refractivity (Wildman–Crippen MR) is 84.1 cm³/mol. The maximum atomic E-state index is 5.76. The molecule has 3 N–H and O–H groups in total. The summed E-state index contributed by atoms with van der Waals surface area (Å²) in [4.78, 5) is 6.39. The lowest BCUT2D eigenvalue weighted by molar-refractivity contribution is 0.261. The monoisotopic (exact) mass is 278 g/mol. The molecule has 0 atom stereocenters. The van der Waals surface area contributed by atoms with Crippen molar-refractivity contribution < 1.29 is 4.74 Å². The van der Waals surface area contributed by atoms with E-state index in [1.165, 1.54) is 0 Å². The number of hydrogen-bond donors (Lipinski definition) is 2. The third-order valence-corrected chi connectivity index (χ3v) is 2.69. The molecule has 0 aliphatic rings. The number of nitrogens with two attached hydrogens (primary N) is 1. The van der Waals surface area contributed by atoms with Gasteiger partial charge in [0.05, 0.1) is 6.54 Å². The van der Waals surface area contributed by atoms with E-state index in [0.717, 1.165) is 30.8 Å². The number of rotatable bonds is 8. The van der Waals surface area contributed by atoms with Gasteiger partial charge >= 0.3 is 0 Å². The summed E-state index contributed by atoms with van der Waals surface area (Å²) in [6.07, 6.45) is 1.03. The second kappa shape index (κ2) is 9.20. The zero-order valence-electron chi connectivity index (χ0n) is 12.7. The molecule has 0 bridgehead atoms. The van der Waals surface area contributed by atoms with Crippen molar-refractivity contribution in [2.75, 3.05) is 33.8 Å². The van der Waals surface area contributed by atoms with E-state index >= 15 is 0 Å². The van der Waals surface area contributed by atoms with Crippen molar-refractivity contribution in [3.05, 3.63) is 29.8 Å². The van der Waals surface area contributed by atoms with Crippen molar-refractivity contribution in [2.24, 2.45) is 10.7 Å². The minimum absolute atomic E-state index is 0.491. The number of ether oxygens (including phenoxy) is 1. The number of guanidine groups is 1. The maximum Gasteiger partial charge on any atom is 0.188 e. The number of nitrogens with zero attached hydrogens (tertiary/aromatic N) is 2. The van der Waals surface area contributed by atoms with Gasteiger partial charge in [0.25, 0.3) is 0 Å². The number of hydrogen-bond acceptors (Lipinski definition) is 3. The van der Waals surface area contributed by atoms with E-state index in [2.05, 4.69) is 22.1 Å². The predicted octanol–water partition coefficient (Wildman–Crippen LogP) is 1.44. The van der Waals surface area contributed by atoms with E-state index in [4.69, 9.17) is 10.5 Å². The van der Waals surface area contributed by atoms with Crippen molar-refractivity contribution in [1.29, 1.82) is 0 Å². The second-order valence-corrected chi connectivity index (χ2v) is 4.93. The van der Waals surface area contributed by atoms with Gasteiger partial charge in [-0.15, -0.1) is 0 Å². The van der Waals surface area contributed by atoms with Crippen molar-refractivity contribution >= 4 is 5.96 Å². The number of aliphatic imine (C=N–C) groups is 1. The standard InChI is InChI=1S/C15H26N4O/c1-4-8-17-15(16)18-12-13-6-5-7-14(11-13)20-10-9-19(2)3/h5-7,11H,4,8-10,12H2,1-3H3,(H3,16,17,18). The highest BCUT2D eigenvalue weighted by Crippen LogP contribution is 2.13. The van der Waals surface area contributed by atoms with Gasteiger partial charge in [-0.05, 0) is 38.2 Å². The van der Waals surface area contributed by atoms with E-state index in [-0.39, 0.29) is 0 Å². The Labute approximate surface area is 121 Å². The van der Waals surface area contributed by atoms with Crippen molar-refractivity contribution in [3.8, 4) is 5.75 Å². The van der Waals surface area contributed by atoms with Crippen LogP contribution in [-0.2, 0) is 6.54 Å². The highest BCUT2D eigenvalue weighted by atomic mass is 16.5. The van der Waals surface area contributed by atoms with E-state index < -0.39 is 0 Å². The average molecular weight is 278 g/mol. The molecule has 112 valence electrons. The average Bonchev–Trinajstić information content (AvgIpc) is 2.43. The van der Waals surface area contributed by atoms with Crippen LogP contribution in [0.5, 0.6) is 5.75 Å². The van der Waals surface area contributed by atoms with Crippen LogP contribution >= 0.6 is 0 Å². The summed E-state index contributed by atoms with van der Waals surface area (Å²) in [6.45, 7) is 5.08. The molecule has 0 aromatic heterocycles. The molecule has 0 spiro atoms. The van der Waals surface area contributed by atoms with Crippen LogP contribution < -0.4 is 15.8 Å². The summed E-state index contributed by atoms with van der Waals surface area (Å²) in [5, 5.41) is 3.05. The molecule has 0 fully saturated rings. The van der Waals surface area contributed by atoms with E-state index in [1.54, 1.807) is 0 Å². The lowest BCUT2D eigenvalue weighted by atomic mass is 10.2. The Morgan fingerprint density at radius 3 is 2.90 bits per heavy atom. The van der Waals surface area contributed by atoms with Gasteiger partial charge in [0, 0.05) is 13.1 Å². The Bertz CT molecular complexity index is 418. The molecular weight excluding hydrogens is 252 g/mol. The van der Waals surface area contributed by atoms with Crippen molar-refractivity contribution in [3.63, 3.8) is 0 Å². The van der Waals surface area contributed by atoms with Crippen molar-refractivity contribution in [1.82, 2.24) is 10.2 Å². The molecular formula is C15H26N4O. The van der Waals surface area contributed by atoms with Crippen LogP contribution in [0.2, 0.25) is 0 Å². The minimum atomic E-state index is 0.491. The number of likely N-dealkylation sites (N-methyl/N-ethyl adjacent to an activating group) is 1. The van der Waals surface area contributed by atoms with Crippen LogP contribution in [0.4, 0.5) is 0 Å². The fourth-order valence-electron chi connectivity index (χ4n) is 1.57. The first kappa shape index (κ1) is 16.3. The third-order valence-electron chi connectivity index (χ3n) is 2.69. The van der Waals surface area contributed by atoms with E-state index in [9.17, 15) is 0 Å². The van der Waals surface area contributed by atoms with Crippen LogP contribution in [0.1, 0.15) is 18.9 Å². The molecule has 0 amide bonds. The van der Waals surface area contributed by atoms with E-state index in [0.29, 0.717) is 19.1 Å². The fourth-order valence-corrected chi connectivity index (χ4v) is 1.57. The molecule has 1 aromatic carbocycles. The summed E-state index contributed by atoms with van der Waals surface area (Å²) in [7, 11) is 4.06. The Kier molecular flexibility index (Phi) is 7.50. The van der Waals surface area contributed by atoms with Gasteiger partial charge in [0.1, 0.15) is 12.4 Å². The van der Waals surface area contributed by atoms with E-state index in [1.807, 2.05) is 38.4 Å². The Morgan fingerprint density at radius 2 is 2.20 bits per heavy atom. The third kappa shape index (κ3) is 6.99. The molecule has 0 saturated carbocycles. The van der Waals surface area contributed by atoms with Gasteiger partial charge in [-0.2, -0.15) is 0 Å². The van der Waals surface area contributed by atoms with Gasteiger partial charge in [-0.25, -0.2) is 4.99 Å². The molecule has 0 heterocycles. The summed E-state index contributed by atoms with van der Waals surface area (Å²) in [5.74, 6) is 1.37. The maximum absolute atomic E-state index is 5.76. The summed E-state index contributed by atoms with van der Waals surface area (Å²) in [5.41, 5.74) is 6.85. The Balaban J connectivity index is 2.46. The topological polar surface area (TPSA) is 62.9 Å². The molecule has 5 heteroatoms. The zero-order valence-corrected chi connectivity index (χ0v) is 12.7. The lowest BCUT2D eigenvalue weighted by Crippen LogP contribution is -2.32. The largest absolute Gasteiger partial charge is 0.492 e. The first-order valence-corrected chi connectivity index (χ1v) is 7.02. The normalized spacial score (nSPS) is 11.7. The van der Waals surface area contributed by atoms with Crippen molar-refractivity contribution in [2.45, 2.75) is 19.9 Å². The number of nitrogens with one attached hydrogen (secondary N) is 1. The molecule has 0 saturated heterocycles. The van der Waals surface area contributed by atoms with Crippen LogP contribution in [0.3, 0.4) is 0 Å².